The molecule has 1 amide bonds. The lowest BCUT2D eigenvalue weighted by Gasteiger charge is -2.18. The lowest BCUT2D eigenvalue weighted by molar-refractivity contribution is -0.122. The van der Waals surface area contributed by atoms with Crippen molar-refractivity contribution in [2.45, 2.75) is 23.9 Å². The van der Waals surface area contributed by atoms with Gasteiger partial charge in [0.2, 0.25) is 15.9 Å². The lowest BCUT2D eigenvalue weighted by Crippen LogP contribution is -2.47. The second-order valence-electron chi connectivity index (χ2n) is 6.11. The first-order valence-corrected chi connectivity index (χ1v) is 11.1. The Balaban J connectivity index is 1.78. The minimum absolute atomic E-state index is 0.116. The number of halogens is 1. The lowest BCUT2D eigenvalue weighted by atomic mass is 10.1. The monoisotopic (exact) mass is 510 g/mol. The highest BCUT2D eigenvalue weighted by molar-refractivity contribution is 14.1. The van der Waals surface area contributed by atoms with Gasteiger partial charge in [-0.3, -0.25) is 4.79 Å². The van der Waals surface area contributed by atoms with Crippen LogP contribution in [-0.4, -0.2) is 20.4 Å². The molecule has 0 radical (unpaired) electrons. The van der Waals surface area contributed by atoms with Gasteiger partial charge in [-0.1, -0.05) is 30.3 Å². The van der Waals surface area contributed by atoms with Gasteiger partial charge in [0.15, 0.2) is 0 Å². The molecule has 2 aromatic carbocycles. The molecule has 28 heavy (non-hydrogen) atoms. The second kappa shape index (κ2) is 9.35. The Bertz CT molecular complexity index is 1000. The molecule has 3 aromatic rings. The van der Waals surface area contributed by atoms with Crippen LogP contribution >= 0.6 is 22.6 Å². The van der Waals surface area contributed by atoms with Crippen LogP contribution in [0.25, 0.3) is 0 Å². The van der Waals surface area contributed by atoms with Gasteiger partial charge in [-0.25, -0.2) is 8.42 Å². The highest BCUT2D eigenvalue weighted by Gasteiger charge is 2.26. The summed E-state index contributed by atoms with van der Waals surface area (Å²) in [6.07, 6.45) is 1.75. The number of sulfonamides is 1. The van der Waals surface area contributed by atoms with E-state index >= 15 is 0 Å². The third-order valence-corrected chi connectivity index (χ3v) is 6.24. The Kier molecular flexibility index (Phi) is 6.87. The standard InChI is InChI=1S/C20H19IN2O4S/c21-16-8-10-18(11-9-16)28(25,26)23-19(13-15-5-2-1-3-6-15)20(24)22-14-17-7-4-12-27-17/h1-12,19,23H,13-14H2,(H,22,24)/t19-/m1/s1. The highest BCUT2D eigenvalue weighted by atomic mass is 127. The summed E-state index contributed by atoms with van der Waals surface area (Å²) in [5.74, 6) is 0.168. The summed E-state index contributed by atoms with van der Waals surface area (Å²) in [5, 5.41) is 2.73. The minimum Gasteiger partial charge on any atom is -0.467 e. The van der Waals surface area contributed by atoms with E-state index in [2.05, 4.69) is 32.6 Å². The Hall–Kier alpha value is -2.17. The smallest absolute Gasteiger partial charge is 0.241 e. The largest absolute Gasteiger partial charge is 0.467 e. The van der Waals surface area contributed by atoms with E-state index in [9.17, 15) is 13.2 Å². The van der Waals surface area contributed by atoms with Crippen LogP contribution < -0.4 is 10.0 Å². The van der Waals surface area contributed by atoms with Gasteiger partial charge in [-0.05, 0) is 71.0 Å². The second-order valence-corrected chi connectivity index (χ2v) is 9.07. The first-order valence-electron chi connectivity index (χ1n) is 8.56. The quantitative estimate of drug-likeness (QED) is 0.456. The van der Waals surface area contributed by atoms with E-state index in [0.29, 0.717) is 5.76 Å². The molecule has 0 bridgehead atoms. The van der Waals surface area contributed by atoms with Crippen molar-refractivity contribution in [2.75, 3.05) is 0 Å². The summed E-state index contributed by atoms with van der Waals surface area (Å²) < 4.78 is 34.2. The van der Waals surface area contributed by atoms with Crippen LogP contribution in [0, 0.1) is 3.57 Å². The zero-order chi connectivity index (χ0) is 20.0. The average Bonchev–Trinajstić information content (AvgIpc) is 3.20. The van der Waals surface area contributed by atoms with Crippen molar-refractivity contribution in [3.63, 3.8) is 0 Å². The molecule has 3 rings (SSSR count). The summed E-state index contributed by atoms with van der Waals surface area (Å²) in [6, 6.07) is 18.2. The maximum Gasteiger partial charge on any atom is 0.241 e. The molecule has 146 valence electrons. The summed E-state index contributed by atoms with van der Waals surface area (Å²) in [4.78, 5) is 12.8. The molecule has 1 aromatic heterocycles. The van der Waals surface area contributed by atoms with E-state index in [0.717, 1.165) is 9.13 Å². The van der Waals surface area contributed by atoms with E-state index < -0.39 is 22.0 Å². The molecule has 6 nitrogen and oxygen atoms in total. The third-order valence-electron chi connectivity index (χ3n) is 4.04. The fourth-order valence-corrected chi connectivity index (χ4v) is 4.17. The summed E-state index contributed by atoms with van der Waals surface area (Å²) in [6.45, 7) is 0.183. The highest BCUT2D eigenvalue weighted by Crippen LogP contribution is 2.14. The fraction of sp³-hybridized carbons (Fsp3) is 0.150. The molecule has 0 aliphatic carbocycles. The maximum atomic E-state index is 12.8. The van der Waals surface area contributed by atoms with Crippen LogP contribution in [0.3, 0.4) is 0 Å². The number of rotatable bonds is 8. The van der Waals surface area contributed by atoms with Gasteiger partial charge in [0.05, 0.1) is 17.7 Å². The van der Waals surface area contributed by atoms with Crippen LogP contribution in [0.2, 0.25) is 0 Å². The van der Waals surface area contributed by atoms with Gasteiger partial charge in [0, 0.05) is 3.57 Å². The predicted octanol–water partition coefficient (Wildman–Crippen LogP) is 3.09. The normalized spacial score (nSPS) is 12.5. The molecular formula is C20H19IN2O4S. The predicted molar refractivity (Wildman–Crippen MR) is 114 cm³/mol. The number of carbonyl (C=O) groups excluding carboxylic acids is 1. The van der Waals surface area contributed by atoms with E-state index in [1.54, 1.807) is 24.3 Å². The fourth-order valence-electron chi connectivity index (χ4n) is 2.62. The van der Waals surface area contributed by atoms with Crippen molar-refractivity contribution < 1.29 is 17.6 Å². The van der Waals surface area contributed by atoms with Gasteiger partial charge in [0.25, 0.3) is 0 Å². The molecule has 1 atom stereocenters. The molecule has 0 aliphatic rings. The Labute approximate surface area is 177 Å². The van der Waals surface area contributed by atoms with Crippen LogP contribution in [0.5, 0.6) is 0 Å². The average molecular weight is 510 g/mol. The number of carbonyl (C=O) groups is 1. The van der Waals surface area contributed by atoms with Gasteiger partial charge in [-0.15, -0.1) is 0 Å². The first kappa shape index (κ1) is 20.6. The van der Waals surface area contributed by atoms with Gasteiger partial charge in [-0.2, -0.15) is 4.72 Å². The van der Waals surface area contributed by atoms with Crippen LogP contribution in [0.1, 0.15) is 11.3 Å². The van der Waals surface area contributed by atoms with Crippen molar-refractivity contribution >= 4 is 38.5 Å². The number of nitrogens with one attached hydrogen (secondary N) is 2. The summed E-state index contributed by atoms with van der Waals surface area (Å²) in [7, 11) is -3.85. The SMILES string of the molecule is O=C(NCc1ccco1)[C@@H](Cc1ccccc1)NS(=O)(=O)c1ccc(I)cc1. The van der Waals surface area contributed by atoms with Crippen molar-refractivity contribution in [1.29, 1.82) is 0 Å². The van der Waals surface area contributed by atoms with Gasteiger partial charge >= 0.3 is 0 Å². The molecule has 8 heteroatoms. The number of hydrogen-bond donors (Lipinski definition) is 2. The minimum atomic E-state index is -3.85. The molecule has 0 saturated carbocycles. The number of amides is 1. The van der Waals surface area contributed by atoms with E-state index in [4.69, 9.17) is 4.42 Å². The van der Waals surface area contributed by atoms with Crippen molar-refractivity contribution in [3.05, 3.63) is 87.9 Å². The molecule has 0 unspecified atom stereocenters. The topological polar surface area (TPSA) is 88.4 Å². The van der Waals surface area contributed by atoms with E-state index in [-0.39, 0.29) is 17.9 Å². The van der Waals surface area contributed by atoms with E-state index in [1.807, 2.05) is 30.3 Å². The first-order chi connectivity index (χ1) is 13.4. The molecule has 1 heterocycles. The molecule has 2 N–H and O–H groups in total. The van der Waals surface area contributed by atoms with Gasteiger partial charge < -0.3 is 9.73 Å². The summed E-state index contributed by atoms with van der Waals surface area (Å²) >= 11 is 2.10. The molecule has 0 saturated heterocycles. The zero-order valence-electron chi connectivity index (χ0n) is 14.8. The number of benzene rings is 2. The number of hydrogen-bond acceptors (Lipinski definition) is 4. The van der Waals surface area contributed by atoms with Crippen molar-refractivity contribution in [2.24, 2.45) is 0 Å². The Morgan fingerprint density at radius 3 is 2.36 bits per heavy atom. The Morgan fingerprint density at radius 1 is 1.00 bits per heavy atom. The van der Waals surface area contributed by atoms with Crippen LogP contribution in [0.15, 0.2) is 82.3 Å². The molecule has 0 aliphatic heterocycles. The zero-order valence-corrected chi connectivity index (χ0v) is 17.8. The van der Waals surface area contributed by atoms with Crippen molar-refractivity contribution in [1.82, 2.24) is 10.0 Å². The summed E-state index contributed by atoms with van der Waals surface area (Å²) in [5.41, 5.74) is 0.853. The van der Waals surface area contributed by atoms with Crippen LogP contribution in [-0.2, 0) is 27.8 Å². The van der Waals surface area contributed by atoms with Crippen molar-refractivity contribution in [3.8, 4) is 0 Å². The third kappa shape index (κ3) is 5.66. The van der Waals surface area contributed by atoms with Crippen LogP contribution in [0.4, 0.5) is 0 Å². The number of furan rings is 1. The molecule has 0 spiro atoms. The molecule has 0 fully saturated rings. The van der Waals surface area contributed by atoms with E-state index in [1.165, 1.54) is 18.4 Å². The van der Waals surface area contributed by atoms with Gasteiger partial charge in [0.1, 0.15) is 11.8 Å². The maximum absolute atomic E-state index is 12.8. The molecular weight excluding hydrogens is 491 g/mol. The Morgan fingerprint density at radius 2 is 1.71 bits per heavy atom.